The van der Waals surface area contributed by atoms with Crippen LogP contribution in [-0.4, -0.2) is 31.0 Å². The number of rotatable bonds is 5. The van der Waals surface area contributed by atoms with Crippen LogP contribution in [0.5, 0.6) is 5.75 Å². The molecule has 0 spiro atoms. The number of amides is 1. The third-order valence-corrected chi connectivity index (χ3v) is 2.42. The van der Waals surface area contributed by atoms with Crippen molar-refractivity contribution < 1.29 is 9.53 Å². The van der Waals surface area contributed by atoms with Crippen molar-refractivity contribution in [2.75, 3.05) is 20.2 Å². The zero-order chi connectivity index (χ0) is 12.8. The zero-order valence-electron chi connectivity index (χ0n) is 11.1. The first-order valence-electron chi connectivity index (χ1n) is 5.92. The van der Waals surface area contributed by atoms with Gasteiger partial charge in [0.2, 0.25) is 0 Å². The molecule has 0 heterocycles. The summed E-state index contributed by atoms with van der Waals surface area (Å²) in [6.07, 6.45) is 0. The van der Waals surface area contributed by atoms with E-state index in [-0.39, 0.29) is 12.5 Å². The van der Waals surface area contributed by atoms with Crippen LogP contribution in [0, 0.1) is 12.8 Å². The van der Waals surface area contributed by atoms with Crippen LogP contribution in [0.25, 0.3) is 0 Å². The molecule has 1 aromatic carbocycles. The Bertz CT molecular complexity index is 374. The molecule has 3 heteroatoms. The van der Waals surface area contributed by atoms with Gasteiger partial charge in [-0.25, -0.2) is 0 Å². The van der Waals surface area contributed by atoms with Crippen LogP contribution in [0.15, 0.2) is 24.3 Å². The highest BCUT2D eigenvalue weighted by Gasteiger charge is 2.10. The Morgan fingerprint density at radius 2 is 2.12 bits per heavy atom. The van der Waals surface area contributed by atoms with Crippen molar-refractivity contribution in [3.8, 4) is 5.75 Å². The minimum atomic E-state index is 0.0141. The maximum atomic E-state index is 11.7. The lowest BCUT2D eigenvalue weighted by Crippen LogP contribution is -2.34. The molecular formula is C14H21NO2. The fourth-order valence-corrected chi connectivity index (χ4v) is 1.61. The van der Waals surface area contributed by atoms with Crippen molar-refractivity contribution in [2.45, 2.75) is 20.8 Å². The molecule has 1 rings (SSSR count). The Kier molecular flexibility index (Phi) is 5.01. The van der Waals surface area contributed by atoms with E-state index in [1.165, 1.54) is 0 Å². The van der Waals surface area contributed by atoms with Crippen molar-refractivity contribution in [1.82, 2.24) is 4.90 Å². The van der Waals surface area contributed by atoms with E-state index in [1.54, 1.807) is 4.90 Å². The summed E-state index contributed by atoms with van der Waals surface area (Å²) in [5.41, 5.74) is 1.13. The molecule has 0 aliphatic heterocycles. The van der Waals surface area contributed by atoms with E-state index in [1.807, 2.05) is 38.2 Å². The predicted molar refractivity (Wildman–Crippen MR) is 69.1 cm³/mol. The number of nitrogens with zero attached hydrogens (tertiary/aromatic N) is 1. The Balaban J connectivity index is 2.43. The second kappa shape index (κ2) is 6.28. The lowest BCUT2D eigenvalue weighted by molar-refractivity contribution is -0.132. The maximum Gasteiger partial charge on any atom is 0.260 e. The maximum absolute atomic E-state index is 11.7. The van der Waals surface area contributed by atoms with E-state index in [4.69, 9.17) is 4.74 Å². The summed E-state index contributed by atoms with van der Waals surface area (Å²) in [4.78, 5) is 13.4. The number of hydrogen-bond donors (Lipinski definition) is 0. The second-order valence-electron chi connectivity index (χ2n) is 4.77. The summed E-state index contributed by atoms with van der Waals surface area (Å²) >= 11 is 0. The molecule has 0 N–H and O–H groups in total. The Morgan fingerprint density at radius 1 is 1.41 bits per heavy atom. The molecule has 1 amide bonds. The zero-order valence-corrected chi connectivity index (χ0v) is 11.1. The van der Waals surface area contributed by atoms with Gasteiger partial charge in [-0.15, -0.1) is 0 Å². The minimum Gasteiger partial charge on any atom is -0.484 e. The lowest BCUT2D eigenvalue weighted by Gasteiger charge is -2.19. The molecule has 0 aliphatic carbocycles. The summed E-state index contributed by atoms with van der Waals surface area (Å²) in [6.45, 7) is 7.04. The van der Waals surface area contributed by atoms with E-state index in [0.29, 0.717) is 5.92 Å². The van der Waals surface area contributed by atoms with Gasteiger partial charge in [0, 0.05) is 13.6 Å². The largest absolute Gasteiger partial charge is 0.484 e. The summed E-state index contributed by atoms with van der Waals surface area (Å²) in [5.74, 6) is 1.24. The average Bonchev–Trinajstić information content (AvgIpc) is 2.25. The Morgan fingerprint density at radius 3 is 2.71 bits per heavy atom. The van der Waals surface area contributed by atoms with E-state index in [9.17, 15) is 4.79 Å². The van der Waals surface area contributed by atoms with E-state index < -0.39 is 0 Å². The third kappa shape index (κ3) is 4.89. The number of hydrogen-bond acceptors (Lipinski definition) is 2. The SMILES string of the molecule is Cc1cccc(OCC(=O)N(C)CC(C)C)c1. The van der Waals surface area contributed by atoms with Gasteiger partial charge in [-0.2, -0.15) is 0 Å². The van der Waals surface area contributed by atoms with Crippen LogP contribution >= 0.6 is 0 Å². The fraction of sp³-hybridized carbons (Fsp3) is 0.500. The van der Waals surface area contributed by atoms with Crippen LogP contribution < -0.4 is 4.74 Å². The van der Waals surface area contributed by atoms with E-state index in [0.717, 1.165) is 17.9 Å². The van der Waals surface area contributed by atoms with E-state index >= 15 is 0 Å². The van der Waals surface area contributed by atoms with Gasteiger partial charge < -0.3 is 9.64 Å². The average molecular weight is 235 g/mol. The molecule has 94 valence electrons. The molecule has 0 bridgehead atoms. The van der Waals surface area contributed by atoms with Gasteiger partial charge in [-0.1, -0.05) is 26.0 Å². The van der Waals surface area contributed by atoms with Crippen LogP contribution in [0.2, 0.25) is 0 Å². The number of benzene rings is 1. The molecule has 17 heavy (non-hydrogen) atoms. The minimum absolute atomic E-state index is 0.0141. The topological polar surface area (TPSA) is 29.5 Å². The number of aryl methyl sites for hydroxylation is 1. The molecule has 0 radical (unpaired) electrons. The van der Waals surface area contributed by atoms with Crippen LogP contribution in [-0.2, 0) is 4.79 Å². The molecule has 0 unspecified atom stereocenters. The van der Waals surface area contributed by atoms with Gasteiger partial charge in [0.25, 0.3) is 5.91 Å². The van der Waals surface area contributed by atoms with Crippen molar-refractivity contribution in [3.63, 3.8) is 0 Å². The Hall–Kier alpha value is -1.51. The monoisotopic (exact) mass is 235 g/mol. The molecule has 0 aliphatic rings. The number of carbonyl (C=O) groups excluding carboxylic acids is 1. The fourth-order valence-electron chi connectivity index (χ4n) is 1.61. The Labute approximate surface area is 103 Å². The van der Waals surface area contributed by atoms with Gasteiger partial charge >= 0.3 is 0 Å². The van der Waals surface area contributed by atoms with Crippen LogP contribution in [0.4, 0.5) is 0 Å². The van der Waals surface area contributed by atoms with Crippen LogP contribution in [0.3, 0.4) is 0 Å². The van der Waals surface area contributed by atoms with Gasteiger partial charge in [0.1, 0.15) is 5.75 Å². The summed E-state index contributed by atoms with van der Waals surface area (Å²) in [5, 5.41) is 0. The number of likely N-dealkylation sites (N-methyl/N-ethyl adjacent to an activating group) is 1. The highest BCUT2D eigenvalue weighted by molar-refractivity contribution is 5.77. The van der Waals surface area contributed by atoms with Crippen molar-refractivity contribution in [1.29, 1.82) is 0 Å². The highest BCUT2D eigenvalue weighted by Crippen LogP contribution is 2.12. The van der Waals surface area contributed by atoms with E-state index in [2.05, 4.69) is 13.8 Å². The number of carbonyl (C=O) groups is 1. The molecule has 0 saturated carbocycles. The second-order valence-corrected chi connectivity index (χ2v) is 4.77. The van der Waals surface area contributed by atoms with Gasteiger partial charge in [-0.05, 0) is 30.5 Å². The number of ether oxygens (including phenoxy) is 1. The molecule has 1 aromatic rings. The van der Waals surface area contributed by atoms with Crippen molar-refractivity contribution in [2.24, 2.45) is 5.92 Å². The molecule has 0 fully saturated rings. The first-order chi connectivity index (χ1) is 7.99. The first-order valence-corrected chi connectivity index (χ1v) is 5.92. The molecular weight excluding hydrogens is 214 g/mol. The lowest BCUT2D eigenvalue weighted by atomic mass is 10.2. The first kappa shape index (κ1) is 13.6. The highest BCUT2D eigenvalue weighted by atomic mass is 16.5. The van der Waals surface area contributed by atoms with Crippen LogP contribution in [0.1, 0.15) is 19.4 Å². The summed E-state index contributed by atoms with van der Waals surface area (Å²) in [7, 11) is 1.81. The smallest absolute Gasteiger partial charge is 0.260 e. The quantitative estimate of drug-likeness (QED) is 0.784. The van der Waals surface area contributed by atoms with Gasteiger partial charge in [-0.3, -0.25) is 4.79 Å². The molecule has 3 nitrogen and oxygen atoms in total. The summed E-state index contributed by atoms with van der Waals surface area (Å²) in [6, 6.07) is 7.71. The predicted octanol–water partition coefficient (Wildman–Crippen LogP) is 2.49. The standard InChI is InChI=1S/C14H21NO2/c1-11(2)9-15(4)14(16)10-17-13-7-5-6-12(3)8-13/h5-8,11H,9-10H2,1-4H3. The third-order valence-electron chi connectivity index (χ3n) is 2.42. The van der Waals surface area contributed by atoms with Crippen molar-refractivity contribution >= 4 is 5.91 Å². The molecule has 0 aromatic heterocycles. The van der Waals surface area contributed by atoms with Gasteiger partial charge in [0.05, 0.1) is 0 Å². The molecule has 0 saturated heterocycles. The summed E-state index contributed by atoms with van der Waals surface area (Å²) < 4.78 is 5.46. The van der Waals surface area contributed by atoms with Crippen molar-refractivity contribution in [3.05, 3.63) is 29.8 Å². The normalized spacial score (nSPS) is 10.4. The van der Waals surface area contributed by atoms with Gasteiger partial charge in [0.15, 0.2) is 6.61 Å². The molecule has 0 atom stereocenters.